The molecule has 0 saturated heterocycles. The van der Waals surface area contributed by atoms with Crippen LogP contribution in [-0.4, -0.2) is 20.3 Å². The molecule has 24 heavy (non-hydrogen) atoms. The largest absolute Gasteiger partial charge is 0.494 e. The number of hydrogen-bond acceptors (Lipinski definition) is 4. The van der Waals surface area contributed by atoms with Gasteiger partial charge in [0.05, 0.1) is 19.4 Å². The minimum atomic E-state index is -2.92. The van der Waals surface area contributed by atoms with Gasteiger partial charge in [0, 0.05) is 12.6 Å². The molecule has 0 aliphatic carbocycles. The number of nitrogens with one attached hydrogen (secondary N) is 1. The number of hydrogen-bond donors (Lipinski definition) is 1. The molecule has 0 unspecified atom stereocenters. The summed E-state index contributed by atoms with van der Waals surface area (Å²) in [6.45, 7) is -0.476. The average Bonchev–Trinajstić information content (AvgIpc) is 2.55. The molecule has 130 valence electrons. The first kappa shape index (κ1) is 17.8. The van der Waals surface area contributed by atoms with E-state index in [1.54, 1.807) is 25.1 Å². The van der Waals surface area contributed by atoms with Crippen molar-refractivity contribution in [3.8, 4) is 17.2 Å². The van der Waals surface area contributed by atoms with Crippen LogP contribution in [0.5, 0.6) is 17.2 Å². The van der Waals surface area contributed by atoms with Crippen LogP contribution in [0.15, 0.2) is 36.4 Å². The van der Waals surface area contributed by atoms with Gasteiger partial charge in [-0.3, -0.25) is 0 Å². The molecule has 0 fully saturated rings. The fourth-order valence-corrected chi connectivity index (χ4v) is 2.13. The Morgan fingerprint density at radius 2 is 1.83 bits per heavy atom. The van der Waals surface area contributed by atoms with Crippen molar-refractivity contribution >= 4 is 5.69 Å². The number of benzene rings is 2. The van der Waals surface area contributed by atoms with Gasteiger partial charge in [0.25, 0.3) is 0 Å². The lowest BCUT2D eigenvalue weighted by atomic mass is 10.2. The first-order valence-electron chi connectivity index (χ1n) is 7.31. The molecule has 0 amide bonds. The molecule has 0 aliphatic rings. The van der Waals surface area contributed by atoms with E-state index in [1.165, 1.54) is 25.3 Å². The highest BCUT2D eigenvalue weighted by atomic mass is 19.3. The van der Waals surface area contributed by atoms with Gasteiger partial charge < -0.3 is 19.5 Å². The summed E-state index contributed by atoms with van der Waals surface area (Å²) in [6, 6.07) is 8.83. The molecule has 4 nitrogen and oxygen atoms in total. The quantitative estimate of drug-likeness (QED) is 0.770. The van der Waals surface area contributed by atoms with E-state index in [1.807, 2.05) is 0 Å². The van der Waals surface area contributed by atoms with Crippen LogP contribution in [0.2, 0.25) is 0 Å². The van der Waals surface area contributed by atoms with Gasteiger partial charge >= 0.3 is 6.61 Å². The van der Waals surface area contributed by atoms with Gasteiger partial charge in [-0.05, 0) is 36.8 Å². The molecule has 0 aliphatic heterocycles. The van der Waals surface area contributed by atoms with Crippen molar-refractivity contribution in [2.45, 2.75) is 20.1 Å². The third kappa shape index (κ3) is 4.71. The molecule has 0 atom stereocenters. The minimum absolute atomic E-state index is 0.0186. The number of halogens is 3. The molecule has 2 aromatic carbocycles. The van der Waals surface area contributed by atoms with Gasteiger partial charge in [-0.25, -0.2) is 4.39 Å². The first-order chi connectivity index (χ1) is 11.5. The molecule has 2 rings (SSSR count). The zero-order valence-electron chi connectivity index (χ0n) is 13.3. The zero-order valence-corrected chi connectivity index (χ0v) is 13.3. The van der Waals surface area contributed by atoms with Crippen molar-refractivity contribution < 1.29 is 27.4 Å². The van der Waals surface area contributed by atoms with Crippen LogP contribution in [0.3, 0.4) is 0 Å². The van der Waals surface area contributed by atoms with Crippen LogP contribution in [0, 0.1) is 5.82 Å². The highest BCUT2D eigenvalue weighted by Crippen LogP contribution is 2.31. The summed E-state index contributed by atoms with van der Waals surface area (Å²) in [5.74, 6) is 0.195. The molecule has 0 saturated carbocycles. The van der Waals surface area contributed by atoms with E-state index in [-0.39, 0.29) is 11.5 Å². The van der Waals surface area contributed by atoms with Crippen molar-refractivity contribution in [1.82, 2.24) is 0 Å². The normalized spacial score (nSPS) is 10.6. The van der Waals surface area contributed by atoms with Crippen LogP contribution in [0.4, 0.5) is 18.9 Å². The Balaban J connectivity index is 2.13. The predicted molar refractivity (Wildman–Crippen MR) is 84.5 cm³/mol. The van der Waals surface area contributed by atoms with Gasteiger partial charge in [0.1, 0.15) is 11.6 Å². The number of ether oxygens (including phenoxy) is 3. The van der Waals surface area contributed by atoms with Gasteiger partial charge in [-0.2, -0.15) is 8.78 Å². The van der Waals surface area contributed by atoms with Crippen LogP contribution >= 0.6 is 0 Å². The second kappa shape index (κ2) is 8.33. The Morgan fingerprint density at radius 1 is 1.04 bits per heavy atom. The summed E-state index contributed by atoms with van der Waals surface area (Å²) in [7, 11) is 1.45. The van der Waals surface area contributed by atoms with E-state index in [0.29, 0.717) is 24.6 Å². The lowest BCUT2D eigenvalue weighted by molar-refractivity contribution is -0.0514. The maximum atomic E-state index is 13.2. The number of rotatable bonds is 8. The summed E-state index contributed by atoms with van der Waals surface area (Å²) >= 11 is 0. The Kier molecular flexibility index (Phi) is 6.17. The molecule has 0 heterocycles. The Bertz CT molecular complexity index is 680. The Hall–Kier alpha value is -2.57. The van der Waals surface area contributed by atoms with E-state index in [2.05, 4.69) is 10.1 Å². The van der Waals surface area contributed by atoms with Gasteiger partial charge in [0.2, 0.25) is 0 Å². The summed E-state index contributed by atoms with van der Waals surface area (Å²) in [6.07, 6.45) is 0. The smallest absolute Gasteiger partial charge is 0.387 e. The van der Waals surface area contributed by atoms with Gasteiger partial charge in [-0.1, -0.05) is 6.07 Å². The van der Waals surface area contributed by atoms with Gasteiger partial charge in [0.15, 0.2) is 11.5 Å². The van der Waals surface area contributed by atoms with Crippen LogP contribution in [-0.2, 0) is 6.54 Å². The Morgan fingerprint density at radius 3 is 2.50 bits per heavy atom. The molecule has 0 bridgehead atoms. The van der Waals surface area contributed by atoms with Gasteiger partial charge in [-0.15, -0.1) is 0 Å². The van der Waals surface area contributed by atoms with Crippen molar-refractivity contribution in [2.24, 2.45) is 0 Å². The first-order valence-corrected chi connectivity index (χ1v) is 7.31. The second-order valence-corrected chi connectivity index (χ2v) is 4.79. The third-order valence-electron chi connectivity index (χ3n) is 3.17. The van der Waals surface area contributed by atoms with Crippen molar-refractivity contribution in [3.05, 3.63) is 47.8 Å². The van der Waals surface area contributed by atoms with Crippen molar-refractivity contribution in [1.29, 1.82) is 0 Å². The zero-order chi connectivity index (χ0) is 17.5. The Labute approximate surface area is 138 Å². The molecular weight excluding hydrogens is 323 g/mol. The predicted octanol–water partition coefficient (Wildman–Crippen LogP) is 4.45. The third-order valence-corrected chi connectivity index (χ3v) is 3.17. The molecular formula is C17H18F3NO3. The molecule has 0 radical (unpaired) electrons. The van der Waals surface area contributed by atoms with Crippen molar-refractivity contribution in [2.75, 3.05) is 19.0 Å². The maximum absolute atomic E-state index is 13.2. The molecule has 0 spiro atoms. The summed E-state index contributed by atoms with van der Waals surface area (Å²) in [5.41, 5.74) is 1.40. The topological polar surface area (TPSA) is 39.7 Å². The lowest BCUT2D eigenvalue weighted by Gasteiger charge is -2.14. The minimum Gasteiger partial charge on any atom is -0.494 e. The average molecular weight is 341 g/mol. The fourth-order valence-electron chi connectivity index (χ4n) is 2.13. The summed E-state index contributed by atoms with van der Waals surface area (Å²) in [4.78, 5) is 0. The monoisotopic (exact) mass is 341 g/mol. The van der Waals surface area contributed by atoms with Crippen LogP contribution < -0.4 is 19.5 Å². The second-order valence-electron chi connectivity index (χ2n) is 4.79. The standard InChI is InChI=1S/C17H18F3NO3/c1-3-23-16-8-11(4-7-14(16)24-17(19)20)10-21-13-6-5-12(18)9-15(13)22-2/h4-9,17,21H,3,10H2,1-2H3. The molecule has 1 N–H and O–H groups in total. The van der Waals surface area contributed by atoms with E-state index < -0.39 is 12.4 Å². The SMILES string of the molecule is CCOc1cc(CNc2ccc(F)cc2OC)ccc1OC(F)F. The van der Waals surface area contributed by atoms with Crippen molar-refractivity contribution in [3.63, 3.8) is 0 Å². The fraction of sp³-hybridized carbons (Fsp3) is 0.294. The van der Waals surface area contributed by atoms with E-state index >= 15 is 0 Å². The number of alkyl halides is 2. The van der Waals surface area contributed by atoms with Crippen LogP contribution in [0.1, 0.15) is 12.5 Å². The number of anilines is 1. The highest BCUT2D eigenvalue weighted by Gasteiger charge is 2.12. The number of methoxy groups -OCH3 is 1. The molecule has 0 aromatic heterocycles. The summed E-state index contributed by atoms with van der Waals surface area (Å²) in [5, 5.41) is 3.10. The summed E-state index contributed by atoms with van der Waals surface area (Å²) < 4.78 is 52.8. The van der Waals surface area contributed by atoms with E-state index in [9.17, 15) is 13.2 Å². The maximum Gasteiger partial charge on any atom is 0.387 e. The molecule has 7 heteroatoms. The van der Waals surface area contributed by atoms with E-state index in [4.69, 9.17) is 9.47 Å². The highest BCUT2D eigenvalue weighted by molar-refractivity contribution is 5.57. The van der Waals surface area contributed by atoms with Crippen LogP contribution in [0.25, 0.3) is 0 Å². The molecule has 2 aromatic rings. The lowest BCUT2D eigenvalue weighted by Crippen LogP contribution is -2.06. The van der Waals surface area contributed by atoms with E-state index in [0.717, 1.165) is 5.56 Å².